The highest BCUT2D eigenvalue weighted by atomic mass is 16.5. The lowest BCUT2D eigenvalue weighted by Crippen LogP contribution is -2.21. The first-order chi connectivity index (χ1) is 14.1. The fraction of sp³-hybridized carbons (Fsp3) is 0.0909. The molecule has 0 aliphatic heterocycles. The summed E-state index contributed by atoms with van der Waals surface area (Å²) in [5.74, 6) is -0.406. The van der Waals surface area contributed by atoms with E-state index in [0.717, 1.165) is 5.56 Å². The molecule has 29 heavy (non-hydrogen) atoms. The van der Waals surface area contributed by atoms with E-state index in [1.54, 1.807) is 42.6 Å². The number of ether oxygens (including phenoxy) is 1. The zero-order valence-corrected chi connectivity index (χ0v) is 15.6. The molecule has 0 saturated carbocycles. The van der Waals surface area contributed by atoms with Gasteiger partial charge < -0.3 is 14.5 Å². The van der Waals surface area contributed by atoms with Crippen LogP contribution in [0.4, 0.5) is 5.82 Å². The highest BCUT2D eigenvalue weighted by Crippen LogP contribution is 2.27. The van der Waals surface area contributed by atoms with Crippen LogP contribution in [0.5, 0.6) is 0 Å². The molecule has 0 saturated heterocycles. The van der Waals surface area contributed by atoms with Crippen molar-refractivity contribution in [2.24, 2.45) is 0 Å². The van der Waals surface area contributed by atoms with Crippen molar-refractivity contribution in [3.63, 3.8) is 0 Å². The van der Waals surface area contributed by atoms with Gasteiger partial charge in [0.05, 0.1) is 11.1 Å². The zero-order valence-electron chi connectivity index (χ0n) is 15.6. The van der Waals surface area contributed by atoms with Crippen molar-refractivity contribution in [2.75, 3.05) is 11.9 Å². The molecule has 4 aromatic rings. The van der Waals surface area contributed by atoms with Crippen LogP contribution in [-0.2, 0) is 9.53 Å². The van der Waals surface area contributed by atoms with Gasteiger partial charge in [0.2, 0.25) is 5.89 Å². The van der Waals surface area contributed by atoms with Gasteiger partial charge in [-0.1, -0.05) is 24.3 Å². The standard InChI is InChI=1S/C22H17N3O4/c1-14-10-11-23-19(12-14)25-20(26)13-28-22(27)16-7-3-2-6-15(16)21-24-17-8-4-5-9-18(17)29-21/h2-12H,13H2,1H3,(H,23,25,26). The fourth-order valence-corrected chi connectivity index (χ4v) is 2.83. The summed E-state index contributed by atoms with van der Waals surface area (Å²) >= 11 is 0. The Morgan fingerprint density at radius 2 is 1.86 bits per heavy atom. The van der Waals surface area contributed by atoms with Crippen molar-refractivity contribution in [3.05, 3.63) is 78.0 Å². The molecule has 2 heterocycles. The molecule has 1 amide bonds. The molecule has 2 aromatic carbocycles. The lowest BCUT2D eigenvalue weighted by atomic mass is 10.1. The molecule has 0 unspecified atom stereocenters. The molecule has 0 spiro atoms. The maximum atomic E-state index is 12.6. The summed E-state index contributed by atoms with van der Waals surface area (Å²) in [6, 6.07) is 17.7. The Labute approximate surface area is 166 Å². The average molecular weight is 387 g/mol. The molecular weight excluding hydrogens is 370 g/mol. The summed E-state index contributed by atoms with van der Waals surface area (Å²) in [6.07, 6.45) is 1.59. The van der Waals surface area contributed by atoms with Crippen molar-refractivity contribution < 1.29 is 18.7 Å². The number of rotatable bonds is 5. The molecule has 1 N–H and O–H groups in total. The van der Waals surface area contributed by atoms with Gasteiger partial charge in [0.1, 0.15) is 11.3 Å². The smallest absolute Gasteiger partial charge is 0.339 e. The van der Waals surface area contributed by atoms with Gasteiger partial charge in [-0.2, -0.15) is 0 Å². The predicted octanol–water partition coefficient (Wildman–Crippen LogP) is 3.99. The van der Waals surface area contributed by atoms with Crippen LogP contribution in [-0.4, -0.2) is 28.5 Å². The van der Waals surface area contributed by atoms with Crippen LogP contribution in [0.2, 0.25) is 0 Å². The summed E-state index contributed by atoms with van der Waals surface area (Å²) in [7, 11) is 0. The van der Waals surface area contributed by atoms with Crippen molar-refractivity contribution in [2.45, 2.75) is 6.92 Å². The molecule has 4 rings (SSSR count). The third-order valence-electron chi connectivity index (χ3n) is 4.19. The van der Waals surface area contributed by atoms with Gasteiger partial charge >= 0.3 is 5.97 Å². The molecule has 0 aliphatic carbocycles. The number of carbonyl (C=O) groups is 2. The molecule has 7 nitrogen and oxygen atoms in total. The van der Waals surface area contributed by atoms with Crippen LogP contribution in [0, 0.1) is 6.92 Å². The summed E-state index contributed by atoms with van der Waals surface area (Å²) in [4.78, 5) is 33.1. The molecule has 0 aliphatic rings. The van der Waals surface area contributed by atoms with E-state index in [9.17, 15) is 9.59 Å². The first-order valence-electron chi connectivity index (χ1n) is 8.95. The molecule has 144 valence electrons. The minimum Gasteiger partial charge on any atom is -0.452 e. The van der Waals surface area contributed by atoms with Crippen molar-refractivity contribution in [3.8, 4) is 11.5 Å². The van der Waals surface area contributed by atoms with Crippen LogP contribution in [0.25, 0.3) is 22.6 Å². The lowest BCUT2D eigenvalue weighted by Gasteiger charge is -2.08. The third kappa shape index (κ3) is 4.14. The first kappa shape index (κ1) is 18.4. The normalized spacial score (nSPS) is 10.7. The number of fused-ring (bicyclic) bond motifs is 1. The summed E-state index contributed by atoms with van der Waals surface area (Å²) < 4.78 is 10.9. The Bertz CT molecular complexity index is 1170. The van der Waals surface area contributed by atoms with Gasteiger partial charge in [0.15, 0.2) is 12.2 Å². The summed E-state index contributed by atoms with van der Waals surface area (Å²) in [5.41, 5.74) is 3.03. The number of pyridine rings is 1. The van der Waals surface area contributed by atoms with E-state index in [2.05, 4.69) is 15.3 Å². The Balaban J connectivity index is 1.48. The largest absolute Gasteiger partial charge is 0.452 e. The Hall–Kier alpha value is -4.00. The molecule has 2 aromatic heterocycles. The summed E-state index contributed by atoms with van der Waals surface area (Å²) in [6.45, 7) is 1.46. The summed E-state index contributed by atoms with van der Waals surface area (Å²) in [5, 5.41) is 2.60. The number of amides is 1. The Kier molecular flexibility index (Phi) is 5.03. The van der Waals surface area contributed by atoms with Gasteiger partial charge in [-0.05, 0) is 48.9 Å². The second-order valence-corrected chi connectivity index (χ2v) is 6.38. The van der Waals surface area contributed by atoms with Gasteiger partial charge in [0, 0.05) is 6.20 Å². The van der Waals surface area contributed by atoms with E-state index in [4.69, 9.17) is 9.15 Å². The molecule has 7 heteroatoms. The maximum Gasteiger partial charge on any atom is 0.339 e. The Morgan fingerprint density at radius 1 is 1.07 bits per heavy atom. The van der Waals surface area contributed by atoms with Crippen molar-refractivity contribution >= 4 is 28.8 Å². The maximum absolute atomic E-state index is 12.6. The number of para-hydroxylation sites is 2. The number of benzene rings is 2. The van der Waals surface area contributed by atoms with Crippen LogP contribution >= 0.6 is 0 Å². The van der Waals surface area contributed by atoms with Gasteiger partial charge in [-0.3, -0.25) is 4.79 Å². The van der Waals surface area contributed by atoms with Gasteiger partial charge in [0.25, 0.3) is 5.91 Å². The monoisotopic (exact) mass is 387 g/mol. The van der Waals surface area contributed by atoms with Crippen LogP contribution in [0.3, 0.4) is 0 Å². The van der Waals surface area contributed by atoms with Gasteiger partial charge in [-0.25, -0.2) is 14.8 Å². The second kappa shape index (κ2) is 7.93. The number of anilines is 1. The minimum absolute atomic E-state index is 0.264. The number of esters is 1. The number of oxazole rings is 1. The zero-order chi connectivity index (χ0) is 20.2. The lowest BCUT2D eigenvalue weighted by molar-refractivity contribution is -0.119. The van der Waals surface area contributed by atoms with Crippen molar-refractivity contribution in [1.82, 2.24) is 9.97 Å². The average Bonchev–Trinajstić information content (AvgIpc) is 3.16. The van der Waals surface area contributed by atoms with Crippen LogP contribution < -0.4 is 5.32 Å². The Morgan fingerprint density at radius 3 is 2.69 bits per heavy atom. The molecule has 0 fully saturated rings. The number of carbonyl (C=O) groups excluding carboxylic acids is 2. The molecule has 0 atom stereocenters. The molecule has 0 radical (unpaired) electrons. The predicted molar refractivity (Wildman–Crippen MR) is 107 cm³/mol. The van der Waals surface area contributed by atoms with E-state index < -0.39 is 18.5 Å². The number of nitrogens with one attached hydrogen (secondary N) is 1. The number of nitrogens with zero attached hydrogens (tertiary/aromatic N) is 2. The quantitative estimate of drug-likeness (QED) is 0.520. The SMILES string of the molecule is Cc1ccnc(NC(=O)COC(=O)c2ccccc2-c2nc3ccccc3o2)c1. The number of hydrogen-bond acceptors (Lipinski definition) is 6. The van der Waals surface area contributed by atoms with E-state index in [1.807, 2.05) is 31.2 Å². The second-order valence-electron chi connectivity index (χ2n) is 6.38. The van der Waals surface area contributed by atoms with E-state index in [1.165, 1.54) is 0 Å². The van der Waals surface area contributed by atoms with E-state index in [0.29, 0.717) is 28.4 Å². The number of hydrogen-bond donors (Lipinski definition) is 1. The van der Waals surface area contributed by atoms with Crippen LogP contribution in [0.1, 0.15) is 15.9 Å². The highest BCUT2D eigenvalue weighted by molar-refractivity contribution is 5.99. The minimum atomic E-state index is -0.643. The fourth-order valence-electron chi connectivity index (χ4n) is 2.83. The highest BCUT2D eigenvalue weighted by Gasteiger charge is 2.19. The number of aromatic nitrogens is 2. The first-order valence-corrected chi connectivity index (χ1v) is 8.95. The number of aryl methyl sites for hydroxylation is 1. The molecule has 0 bridgehead atoms. The van der Waals surface area contributed by atoms with Crippen molar-refractivity contribution in [1.29, 1.82) is 0 Å². The third-order valence-corrected chi connectivity index (χ3v) is 4.19. The molecular formula is C22H17N3O4. The topological polar surface area (TPSA) is 94.3 Å². The van der Waals surface area contributed by atoms with E-state index in [-0.39, 0.29) is 5.56 Å². The van der Waals surface area contributed by atoms with Crippen LogP contribution in [0.15, 0.2) is 71.3 Å². The van der Waals surface area contributed by atoms with Gasteiger partial charge in [-0.15, -0.1) is 0 Å². The van der Waals surface area contributed by atoms with E-state index >= 15 is 0 Å².